The second-order valence-corrected chi connectivity index (χ2v) is 3.98. The highest BCUT2D eigenvalue weighted by molar-refractivity contribution is 4.57. The normalized spacial score (nSPS) is 13.8. The molecule has 0 saturated carbocycles. The van der Waals surface area contributed by atoms with Gasteiger partial charge < -0.3 is 4.90 Å². The molecule has 74 valence electrons. The Kier molecular flexibility index (Phi) is 7.58. The van der Waals surface area contributed by atoms with Gasteiger partial charge in [-0.15, -0.1) is 0 Å². The van der Waals surface area contributed by atoms with Crippen LogP contribution in [0.1, 0.15) is 46.5 Å². The standard InChI is InChI=1S/C11H25N/c1-5-7-8-9-12(4)10-11(3)6-2/h11H,5-10H2,1-4H3/t11-/m0/s1. The Labute approximate surface area is 78.1 Å². The van der Waals surface area contributed by atoms with E-state index in [-0.39, 0.29) is 0 Å². The maximum atomic E-state index is 2.46. The third kappa shape index (κ3) is 6.66. The van der Waals surface area contributed by atoms with Gasteiger partial charge in [0.1, 0.15) is 0 Å². The van der Waals surface area contributed by atoms with Gasteiger partial charge in [-0.3, -0.25) is 0 Å². The second kappa shape index (κ2) is 7.60. The predicted molar refractivity (Wildman–Crippen MR) is 56.5 cm³/mol. The molecular formula is C11H25N. The van der Waals surface area contributed by atoms with Crippen LogP contribution in [0.15, 0.2) is 0 Å². The molecule has 0 fully saturated rings. The smallest absolute Gasteiger partial charge is 0.000387 e. The number of unbranched alkanes of at least 4 members (excludes halogenated alkanes) is 2. The maximum absolute atomic E-state index is 2.46. The molecule has 0 rings (SSSR count). The van der Waals surface area contributed by atoms with E-state index in [0.29, 0.717) is 0 Å². The molecule has 1 heteroatoms. The maximum Gasteiger partial charge on any atom is 0.000387 e. The molecule has 0 aliphatic rings. The lowest BCUT2D eigenvalue weighted by atomic mass is 10.1. The van der Waals surface area contributed by atoms with E-state index in [4.69, 9.17) is 0 Å². The van der Waals surface area contributed by atoms with E-state index in [2.05, 4.69) is 32.7 Å². The second-order valence-electron chi connectivity index (χ2n) is 3.98. The van der Waals surface area contributed by atoms with Crippen molar-refractivity contribution in [1.82, 2.24) is 4.90 Å². The Bertz CT molecular complexity index is 91.0. The molecule has 0 radical (unpaired) electrons. The first-order valence-corrected chi connectivity index (χ1v) is 5.39. The summed E-state index contributed by atoms with van der Waals surface area (Å²) in [5.41, 5.74) is 0. The highest BCUT2D eigenvalue weighted by Crippen LogP contribution is 2.04. The van der Waals surface area contributed by atoms with E-state index >= 15 is 0 Å². The fraction of sp³-hybridized carbons (Fsp3) is 1.00. The molecule has 0 N–H and O–H groups in total. The first kappa shape index (κ1) is 12.0. The fourth-order valence-electron chi connectivity index (χ4n) is 1.38. The lowest BCUT2D eigenvalue weighted by Crippen LogP contribution is -2.25. The average Bonchev–Trinajstić information content (AvgIpc) is 2.05. The van der Waals surface area contributed by atoms with E-state index in [1.807, 2.05) is 0 Å². The van der Waals surface area contributed by atoms with Crippen LogP contribution in [-0.2, 0) is 0 Å². The average molecular weight is 171 g/mol. The summed E-state index contributed by atoms with van der Waals surface area (Å²) in [7, 11) is 2.24. The van der Waals surface area contributed by atoms with Crippen molar-refractivity contribution in [3.63, 3.8) is 0 Å². The van der Waals surface area contributed by atoms with Crippen LogP contribution < -0.4 is 0 Å². The summed E-state index contributed by atoms with van der Waals surface area (Å²) >= 11 is 0. The number of nitrogens with zero attached hydrogens (tertiary/aromatic N) is 1. The number of hydrogen-bond donors (Lipinski definition) is 0. The molecule has 0 aliphatic heterocycles. The van der Waals surface area contributed by atoms with Gasteiger partial charge in [-0.2, -0.15) is 0 Å². The molecule has 1 nitrogen and oxygen atoms in total. The summed E-state index contributed by atoms with van der Waals surface area (Å²) < 4.78 is 0. The zero-order chi connectivity index (χ0) is 9.40. The number of rotatable bonds is 7. The highest BCUT2D eigenvalue weighted by Gasteiger charge is 2.02. The predicted octanol–water partition coefficient (Wildman–Crippen LogP) is 3.15. The first-order valence-electron chi connectivity index (χ1n) is 5.39. The van der Waals surface area contributed by atoms with Crippen LogP contribution in [0.25, 0.3) is 0 Å². The summed E-state index contributed by atoms with van der Waals surface area (Å²) in [6.07, 6.45) is 5.38. The van der Waals surface area contributed by atoms with Gasteiger partial charge in [0.05, 0.1) is 0 Å². The van der Waals surface area contributed by atoms with Gasteiger partial charge in [0.15, 0.2) is 0 Å². The van der Waals surface area contributed by atoms with Crippen LogP contribution in [0, 0.1) is 5.92 Å². The summed E-state index contributed by atoms with van der Waals surface area (Å²) in [6.45, 7) is 9.40. The summed E-state index contributed by atoms with van der Waals surface area (Å²) in [6, 6.07) is 0. The molecule has 12 heavy (non-hydrogen) atoms. The quantitative estimate of drug-likeness (QED) is 0.532. The van der Waals surface area contributed by atoms with Gasteiger partial charge in [0.2, 0.25) is 0 Å². The van der Waals surface area contributed by atoms with E-state index in [1.165, 1.54) is 38.8 Å². The van der Waals surface area contributed by atoms with Gasteiger partial charge in [-0.1, -0.05) is 40.0 Å². The third-order valence-corrected chi connectivity index (χ3v) is 2.46. The zero-order valence-corrected chi connectivity index (χ0v) is 9.27. The highest BCUT2D eigenvalue weighted by atomic mass is 15.1. The van der Waals surface area contributed by atoms with Gasteiger partial charge in [-0.05, 0) is 25.9 Å². The lowest BCUT2D eigenvalue weighted by molar-refractivity contribution is 0.277. The summed E-state index contributed by atoms with van der Waals surface area (Å²) in [5, 5.41) is 0. The van der Waals surface area contributed by atoms with Gasteiger partial charge in [-0.25, -0.2) is 0 Å². The minimum atomic E-state index is 0.858. The van der Waals surface area contributed by atoms with Crippen molar-refractivity contribution in [2.75, 3.05) is 20.1 Å². The Morgan fingerprint density at radius 2 is 1.83 bits per heavy atom. The molecule has 0 amide bonds. The van der Waals surface area contributed by atoms with Gasteiger partial charge in [0.25, 0.3) is 0 Å². The van der Waals surface area contributed by atoms with E-state index in [9.17, 15) is 0 Å². The van der Waals surface area contributed by atoms with E-state index in [0.717, 1.165) is 5.92 Å². The van der Waals surface area contributed by atoms with Crippen molar-refractivity contribution < 1.29 is 0 Å². The molecule has 0 unspecified atom stereocenters. The monoisotopic (exact) mass is 171 g/mol. The number of hydrogen-bond acceptors (Lipinski definition) is 1. The van der Waals surface area contributed by atoms with Crippen molar-refractivity contribution >= 4 is 0 Å². The van der Waals surface area contributed by atoms with Crippen molar-refractivity contribution in [3.05, 3.63) is 0 Å². The molecule has 0 bridgehead atoms. The SMILES string of the molecule is CCCCCN(C)C[C@@H](C)CC. The molecule has 0 heterocycles. The topological polar surface area (TPSA) is 3.24 Å². The van der Waals surface area contributed by atoms with Crippen molar-refractivity contribution in [1.29, 1.82) is 0 Å². The Morgan fingerprint density at radius 3 is 2.33 bits per heavy atom. The van der Waals surface area contributed by atoms with Crippen molar-refractivity contribution in [2.45, 2.75) is 46.5 Å². The molecule has 0 spiro atoms. The molecule has 0 aliphatic carbocycles. The van der Waals surface area contributed by atoms with Crippen LogP contribution in [0.5, 0.6) is 0 Å². The Hall–Kier alpha value is -0.0400. The van der Waals surface area contributed by atoms with Crippen LogP contribution in [-0.4, -0.2) is 25.0 Å². The molecule has 0 saturated heterocycles. The van der Waals surface area contributed by atoms with Crippen LogP contribution in [0.2, 0.25) is 0 Å². The van der Waals surface area contributed by atoms with E-state index in [1.54, 1.807) is 0 Å². The third-order valence-electron chi connectivity index (χ3n) is 2.46. The summed E-state index contributed by atoms with van der Waals surface area (Å²) in [5.74, 6) is 0.858. The van der Waals surface area contributed by atoms with Crippen LogP contribution >= 0.6 is 0 Å². The summed E-state index contributed by atoms with van der Waals surface area (Å²) in [4.78, 5) is 2.46. The van der Waals surface area contributed by atoms with Crippen molar-refractivity contribution in [2.24, 2.45) is 5.92 Å². The zero-order valence-electron chi connectivity index (χ0n) is 9.27. The minimum absolute atomic E-state index is 0.858. The van der Waals surface area contributed by atoms with E-state index < -0.39 is 0 Å². The van der Waals surface area contributed by atoms with Crippen molar-refractivity contribution in [3.8, 4) is 0 Å². The molecular weight excluding hydrogens is 146 g/mol. The van der Waals surface area contributed by atoms with Crippen LogP contribution in [0.3, 0.4) is 0 Å². The van der Waals surface area contributed by atoms with Gasteiger partial charge in [0, 0.05) is 6.54 Å². The molecule has 0 aromatic rings. The first-order chi connectivity index (χ1) is 5.70. The molecule has 0 aromatic carbocycles. The largest absolute Gasteiger partial charge is 0.306 e. The minimum Gasteiger partial charge on any atom is -0.306 e. The van der Waals surface area contributed by atoms with Gasteiger partial charge >= 0.3 is 0 Å². The Morgan fingerprint density at radius 1 is 1.17 bits per heavy atom. The Balaban J connectivity index is 3.26. The van der Waals surface area contributed by atoms with Crippen LogP contribution in [0.4, 0.5) is 0 Å². The molecule has 0 aromatic heterocycles. The fourth-order valence-corrected chi connectivity index (χ4v) is 1.38. The lowest BCUT2D eigenvalue weighted by Gasteiger charge is -2.19. The molecule has 1 atom stereocenters.